The van der Waals surface area contributed by atoms with Crippen LogP contribution in [0.25, 0.3) is 33.7 Å². The van der Waals surface area contributed by atoms with Crippen molar-refractivity contribution in [2.24, 2.45) is 0 Å². The molecular formula is C22H19N5O3. The highest BCUT2D eigenvalue weighted by Gasteiger charge is 2.21. The first-order valence-electron chi connectivity index (χ1n) is 9.85. The lowest BCUT2D eigenvalue weighted by Crippen LogP contribution is -2.34. The topological polar surface area (TPSA) is 94.1 Å². The molecule has 0 N–H and O–H groups in total. The molecule has 8 heteroatoms. The standard InChI is InChI=1S/C22H19N5O3/c28-19-13-17(22-24-21(25-30-22)15-7-9-23-10-8-15)16-5-1-2-6-18(16)27(19)14-20(29)26-11-3-4-12-26/h1-2,5-10,13H,3-4,11-12,14H2. The molecule has 0 unspecified atom stereocenters. The van der Waals surface area contributed by atoms with Crippen LogP contribution >= 0.6 is 0 Å². The summed E-state index contributed by atoms with van der Waals surface area (Å²) in [6, 6.07) is 12.5. The predicted octanol–water partition coefficient (Wildman–Crippen LogP) is 2.74. The average Bonchev–Trinajstić information content (AvgIpc) is 3.49. The zero-order chi connectivity index (χ0) is 20.5. The molecule has 8 nitrogen and oxygen atoms in total. The van der Waals surface area contributed by atoms with Gasteiger partial charge in [-0.05, 0) is 31.0 Å². The molecule has 0 saturated carbocycles. The van der Waals surface area contributed by atoms with E-state index in [9.17, 15) is 9.59 Å². The van der Waals surface area contributed by atoms with E-state index in [1.807, 2.05) is 29.2 Å². The van der Waals surface area contributed by atoms with Crippen LogP contribution in [-0.2, 0) is 11.3 Å². The highest BCUT2D eigenvalue weighted by Crippen LogP contribution is 2.28. The molecule has 5 rings (SSSR count). The van der Waals surface area contributed by atoms with Gasteiger partial charge in [-0.25, -0.2) is 0 Å². The van der Waals surface area contributed by atoms with Crippen molar-refractivity contribution >= 4 is 16.8 Å². The summed E-state index contributed by atoms with van der Waals surface area (Å²) in [5, 5.41) is 4.81. The number of rotatable bonds is 4. The molecule has 150 valence electrons. The highest BCUT2D eigenvalue weighted by atomic mass is 16.5. The van der Waals surface area contributed by atoms with Crippen molar-refractivity contribution in [1.82, 2.24) is 24.6 Å². The van der Waals surface area contributed by atoms with Crippen LogP contribution in [0.15, 0.2) is 64.2 Å². The van der Waals surface area contributed by atoms with Gasteiger partial charge >= 0.3 is 0 Å². The Balaban J connectivity index is 1.57. The Kier molecular flexibility index (Phi) is 4.59. The molecule has 3 aromatic heterocycles. The van der Waals surface area contributed by atoms with Gasteiger partial charge in [0.1, 0.15) is 6.54 Å². The number of carbonyl (C=O) groups excluding carboxylic acids is 1. The van der Waals surface area contributed by atoms with Gasteiger partial charge in [0.25, 0.3) is 11.4 Å². The van der Waals surface area contributed by atoms with E-state index in [1.54, 1.807) is 24.5 Å². The molecule has 30 heavy (non-hydrogen) atoms. The summed E-state index contributed by atoms with van der Waals surface area (Å²) in [6.07, 6.45) is 5.33. The van der Waals surface area contributed by atoms with E-state index in [-0.39, 0.29) is 23.9 Å². The number of carbonyl (C=O) groups is 1. The fraction of sp³-hybridized carbons (Fsp3) is 0.227. The number of pyridine rings is 2. The van der Waals surface area contributed by atoms with Crippen LogP contribution < -0.4 is 5.56 Å². The van der Waals surface area contributed by atoms with Gasteiger partial charge in [0.05, 0.1) is 11.1 Å². The number of fused-ring (bicyclic) bond motifs is 1. The van der Waals surface area contributed by atoms with Gasteiger partial charge in [0.2, 0.25) is 11.7 Å². The Morgan fingerprint density at radius 2 is 1.83 bits per heavy atom. The molecule has 0 bridgehead atoms. The summed E-state index contributed by atoms with van der Waals surface area (Å²) in [7, 11) is 0. The third-order valence-corrected chi connectivity index (χ3v) is 5.37. The first kappa shape index (κ1) is 18.2. The van der Waals surface area contributed by atoms with Crippen molar-refractivity contribution in [3.05, 3.63) is 65.2 Å². The zero-order valence-corrected chi connectivity index (χ0v) is 16.2. The number of amides is 1. The van der Waals surface area contributed by atoms with Crippen LogP contribution in [0.3, 0.4) is 0 Å². The second-order valence-corrected chi connectivity index (χ2v) is 7.25. The molecule has 1 fully saturated rings. The SMILES string of the molecule is O=C(Cn1c(=O)cc(-c2nc(-c3ccncc3)no2)c2ccccc21)N1CCCC1. The van der Waals surface area contributed by atoms with Crippen molar-refractivity contribution in [1.29, 1.82) is 0 Å². The normalized spacial score (nSPS) is 13.8. The van der Waals surface area contributed by atoms with E-state index in [0.717, 1.165) is 36.9 Å². The van der Waals surface area contributed by atoms with Crippen LogP contribution in [0.2, 0.25) is 0 Å². The molecule has 0 radical (unpaired) electrons. The lowest BCUT2D eigenvalue weighted by Gasteiger charge is -2.17. The van der Waals surface area contributed by atoms with E-state index in [0.29, 0.717) is 16.9 Å². The molecule has 4 heterocycles. The van der Waals surface area contributed by atoms with Crippen LogP contribution in [0, 0.1) is 0 Å². The van der Waals surface area contributed by atoms with Gasteiger partial charge in [-0.2, -0.15) is 4.98 Å². The number of para-hydroxylation sites is 1. The number of aromatic nitrogens is 4. The van der Waals surface area contributed by atoms with Crippen molar-refractivity contribution in [3.8, 4) is 22.8 Å². The second-order valence-electron chi connectivity index (χ2n) is 7.25. The summed E-state index contributed by atoms with van der Waals surface area (Å²) in [6.45, 7) is 1.53. The molecule has 1 saturated heterocycles. The van der Waals surface area contributed by atoms with E-state index in [1.165, 1.54) is 10.6 Å². The number of hydrogen-bond donors (Lipinski definition) is 0. The molecule has 1 amide bonds. The third-order valence-electron chi connectivity index (χ3n) is 5.37. The van der Waals surface area contributed by atoms with Crippen LogP contribution in [-0.4, -0.2) is 43.6 Å². The van der Waals surface area contributed by atoms with E-state index >= 15 is 0 Å². The Morgan fingerprint density at radius 1 is 1.07 bits per heavy atom. The summed E-state index contributed by atoms with van der Waals surface area (Å²) in [4.78, 5) is 35.9. The maximum atomic E-state index is 12.9. The molecule has 0 aliphatic carbocycles. The van der Waals surface area contributed by atoms with Gasteiger partial charge < -0.3 is 9.42 Å². The molecule has 4 aromatic rings. The Morgan fingerprint density at radius 3 is 2.63 bits per heavy atom. The summed E-state index contributed by atoms with van der Waals surface area (Å²) in [5.74, 6) is 0.642. The van der Waals surface area contributed by atoms with Crippen molar-refractivity contribution in [2.75, 3.05) is 13.1 Å². The van der Waals surface area contributed by atoms with Crippen molar-refractivity contribution < 1.29 is 9.32 Å². The largest absolute Gasteiger partial charge is 0.341 e. The number of hydrogen-bond acceptors (Lipinski definition) is 6. The molecular weight excluding hydrogens is 382 g/mol. The maximum Gasteiger partial charge on any atom is 0.259 e. The monoisotopic (exact) mass is 401 g/mol. The predicted molar refractivity (Wildman–Crippen MR) is 111 cm³/mol. The van der Waals surface area contributed by atoms with Crippen LogP contribution in [0.1, 0.15) is 12.8 Å². The summed E-state index contributed by atoms with van der Waals surface area (Å²) >= 11 is 0. The van der Waals surface area contributed by atoms with Crippen molar-refractivity contribution in [3.63, 3.8) is 0 Å². The average molecular weight is 401 g/mol. The van der Waals surface area contributed by atoms with Gasteiger partial charge in [0.15, 0.2) is 0 Å². The van der Waals surface area contributed by atoms with E-state index in [2.05, 4.69) is 15.1 Å². The molecule has 0 spiro atoms. The zero-order valence-electron chi connectivity index (χ0n) is 16.2. The fourth-order valence-corrected chi connectivity index (χ4v) is 3.83. The van der Waals surface area contributed by atoms with Gasteiger partial charge in [0, 0.05) is 42.5 Å². The third kappa shape index (κ3) is 3.26. The molecule has 1 aliphatic rings. The number of nitrogens with zero attached hydrogens (tertiary/aromatic N) is 5. The Labute approximate surface area is 171 Å². The Bertz CT molecular complexity index is 1270. The van der Waals surface area contributed by atoms with E-state index in [4.69, 9.17) is 4.52 Å². The summed E-state index contributed by atoms with van der Waals surface area (Å²) in [5.41, 5.74) is 1.71. The fourth-order valence-electron chi connectivity index (χ4n) is 3.83. The van der Waals surface area contributed by atoms with Gasteiger partial charge in [-0.15, -0.1) is 0 Å². The maximum absolute atomic E-state index is 12.9. The number of likely N-dealkylation sites (tertiary alicyclic amines) is 1. The first-order chi connectivity index (χ1) is 14.7. The second kappa shape index (κ2) is 7.55. The first-order valence-corrected chi connectivity index (χ1v) is 9.85. The summed E-state index contributed by atoms with van der Waals surface area (Å²) < 4.78 is 6.98. The molecule has 0 atom stereocenters. The minimum atomic E-state index is -0.278. The van der Waals surface area contributed by atoms with Gasteiger partial charge in [-0.1, -0.05) is 23.4 Å². The highest BCUT2D eigenvalue weighted by molar-refractivity contribution is 5.93. The lowest BCUT2D eigenvalue weighted by molar-refractivity contribution is -0.130. The minimum Gasteiger partial charge on any atom is -0.341 e. The van der Waals surface area contributed by atoms with Crippen molar-refractivity contribution in [2.45, 2.75) is 19.4 Å². The smallest absolute Gasteiger partial charge is 0.259 e. The van der Waals surface area contributed by atoms with Gasteiger partial charge in [-0.3, -0.25) is 19.1 Å². The van der Waals surface area contributed by atoms with Crippen LogP contribution in [0.4, 0.5) is 0 Å². The quantitative estimate of drug-likeness (QED) is 0.522. The number of benzene rings is 1. The van der Waals surface area contributed by atoms with E-state index < -0.39 is 0 Å². The lowest BCUT2D eigenvalue weighted by atomic mass is 10.1. The molecule has 1 aliphatic heterocycles. The molecule has 1 aromatic carbocycles. The Hall–Kier alpha value is -3.81. The van der Waals surface area contributed by atoms with Crippen LogP contribution in [0.5, 0.6) is 0 Å². The minimum absolute atomic E-state index is 0.0196.